The highest BCUT2D eigenvalue weighted by atomic mass is 79.9. The van der Waals surface area contributed by atoms with Gasteiger partial charge in [0.2, 0.25) is 0 Å². The van der Waals surface area contributed by atoms with Gasteiger partial charge >= 0.3 is 0 Å². The van der Waals surface area contributed by atoms with E-state index in [9.17, 15) is 8.42 Å². The molecule has 0 aliphatic heterocycles. The van der Waals surface area contributed by atoms with Crippen molar-refractivity contribution in [1.29, 1.82) is 0 Å². The standard InChI is InChI=1S/C16H18BrNO4S/c1-12-3-8-16(15(17)11-12)18-23(19,20)14-6-4-13(5-7-14)22-10-9-21-2/h3-8,11,18H,9-10H2,1-2H3. The van der Waals surface area contributed by atoms with Crippen LogP contribution in [0.25, 0.3) is 0 Å². The normalized spacial score (nSPS) is 11.3. The molecule has 5 nitrogen and oxygen atoms in total. The minimum Gasteiger partial charge on any atom is -0.491 e. The Balaban J connectivity index is 2.13. The van der Waals surface area contributed by atoms with Crippen LogP contribution >= 0.6 is 15.9 Å². The van der Waals surface area contributed by atoms with Gasteiger partial charge in [-0.1, -0.05) is 6.07 Å². The Bertz CT molecular complexity index is 760. The molecular weight excluding hydrogens is 382 g/mol. The third kappa shape index (κ3) is 4.95. The van der Waals surface area contributed by atoms with E-state index >= 15 is 0 Å². The van der Waals surface area contributed by atoms with Crippen molar-refractivity contribution in [2.75, 3.05) is 25.0 Å². The van der Waals surface area contributed by atoms with Crippen molar-refractivity contribution >= 4 is 31.6 Å². The topological polar surface area (TPSA) is 64.6 Å². The van der Waals surface area contributed by atoms with Crippen LogP contribution in [0.5, 0.6) is 5.75 Å². The van der Waals surface area contributed by atoms with Gasteiger partial charge in [-0.2, -0.15) is 0 Å². The van der Waals surface area contributed by atoms with Crippen molar-refractivity contribution in [2.24, 2.45) is 0 Å². The van der Waals surface area contributed by atoms with E-state index in [0.717, 1.165) is 5.56 Å². The number of rotatable bonds is 7. The number of hydrogen-bond acceptors (Lipinski definition) is 4. The summed E-state index contributed by atoms with van der Waals surface area (Å²) in [6.07, 6.45) is 0. The maximum atomic E-state index is 12.4. The quantitative estimate of drug-likeness (QED) is 0.722. The molecule has 2 aromatic rings. The van der Waals surface area contributed by atoms with Crippen LogP contribution in [0.3, 0.4) is 0 Å². The van der Waals surface area contributed by atoms with E-state index in [1.807, 2.05) is 19.1 Å². The van der Waals surface area contributed by atoms with E-state index in [1.165, 1.54) is 12.1 Å². The van der Waals surface area contributed by atoms with Gasteiger partial charge in [-0.3, -0.25) is 4.72 Å². The zero-order valence-corrected chi connectivity index (χ0v) is 15.3. The molecule has 0 heterocycles. The summed E-state index contributed by atoms with van der Waals surface area (Å²) in [6.45, 7) is 2.82. The summed E-state index contributed by atoms with van der Waals surface area (Å²) in [5.74, 6) is 0.595. The van der Waals surface area contributed by atoms with Gasteiger partial charge < -0.3 is 9.47 Å². The highest BCUT2D eigenvalue weighted by molar-refractivity contribution is 9.10. The summed E-state index contributed by atoms with van der Waals surface area (Å²) < 4.78 is 38.4. The molecule has 0 spiro atoms. The van der Waals surface area contributed by atoms with E-state index in [0.29, 0.717) is 29.1 Å². The van der Waals surface area contributed by atoms with Gasteiger partial charge in [-0.25, -0.2) is 8.42 Å². The molecule has 7 heteroatoms. The molecular formula is C16H18BrNO4S. The Morgan fingerprint density at radius 3 is 2.39 bits per heavy atom. The van der Waals surface area contributed by atoms with Crippen molar-refractivity contribution in [3.05, 3.63) is 52.5 Å². The molecule has 0 amide bonds. The molecule has 0 saturated carbocycles. The second-order valence-corrected chi connectivity index (χ2v) is 7.44. The predicted octanol–water partition coefficient (Wildman–Crippen LogP) is 3.58. The highest BCUT2D eigenvalue weighted by Gasteiger charge is 2.15. The number of methoxy groups -OCH3 is 1. The van der Waals surface area contributed by atoms with Crippen molar-refractivity contribution < 1.29 is 17.9 Å². The molecule has 2 aromatic carbocycles. The van der Waals surface area contributed by atoms with Crippen LogP contribution in [0.2, 0.25) is 0 Å². The summed E-state index contributed by atoms with van der Waals surface area (Å²) in [5, 5.41) is 0. The van der Waals surface area contributed by atoms with Crippen molar-refractivity contribution in [2.45, 2.75) is 11.8 Å². The average molecular weight is 400 g/mol. The smallest absolute Gasteiger partial charge is 0.261 e. The third-order valence-electron chi connectivity index (χ3n) is 3.06. The number of ether oxygens (including phenoxy) is 2. The molecule has 0 aliphatic carbocycles. The number of benzene rings is 2. The lowest BCUT2D eigenvalue weighted by molar-refractivity contribution is 0.146. The Kier molecular flexibility index (Phi) is 6.04. The molecule has 0 aliphatic rings. The van der Waals surface area contributed by atoms with Gasteiger partial charge in [0.05, 0.1) is 17.2 Å². The van der Waals surface area contributed by atoms with Crippen molar-refractivity contribution in [3.63, 3.8) is 0 Å². The summed E-state index contributed by atoms with van der Waals surface area (Å²) in [5.41, 5.74) is 1.54. The summed E-state index contributed by atoms with van der Waals surface area (Å²) in [4.78, 5) is 0.170. The lowest BCUT2D eigenvalue weighted by Gasteiger charge is -2.11. The van der Waals surface area contributed by atoms with Crippen molar-refractivity contribution in [3.8, 4) is 5.75 Å². The molecule has 124 valence electrons. The summed E-state index contributed by atoms with van der Waals surface area (Å²) in [6, 6.07) is 11.7. The number of anilines is 1. The predicted molar refractivity (Wildman–Crippen MR) is 93.5 cm³/mol. The molecule has 0 bridgehead atoms. The lowest BCUT2D eigenvalue weighted by atomic mass is 10.2. The Labute approximate surface area is 144 Å². The van der Waals surface area contributed by atoms with E-state index in [1.54, 1.807) is 25.3 Å². The fraction of sp³-hybridized carbons (Fsp3) is 0.250. The Hall–Kier alpha value is -1.57. The van der Waals surface area contributed by atoms with Gasteiger partial charge in [0.15, 0.2) is 0 Å². The maximum Gasteiger partial charge on any atom is 0.261 e. The summed E-state index contributed by atoms with van der Waals surface area (Å²) >= 11 is 3.36. The Morgan fingerprint density at radius 1 is 1.09 bits per heavy atom. The first kappa shape index (κ1) is 17.8. The second kappa shape index (κ2) is 7.81. The van der Waals surface area contributed by atoms with Crippen LogP contribution < -0.4 is 9.46 Å². The molecule has 0 atom stereocenters. The molecule has 23 heavy (non-hydrogen) atoms. The monoisotopic (exact) mass is 399 g/mol. The first-order valence-electron chi connectivity index (χ1n) is 6.93. The minimum absolute atomic E-state index is 0.170. The van der Waals surface area contributed by atoms with Crippen LogP contribution in [0.4, 0.5) is 5.69 Å². The number of halogens is 1. The van der Waals surface area contributed by atoms with Crippen LogP contribution in [0.15, 0.2) is 51.8 Å². The first-order chi connectivity index (χ1) is 10.9. The minimum atomic E-state index is -3.65. The number of aryl methyl sites for hydroxylation is 1. The Morgan fingerprint density at radius 2 is 1.78 bits per heavy atom. The number of nitrogens with one attached hydrogen (secondary N) is 1. The molecule has 1 N–H and O–H groups in total. The molecule has 0 radical (unpaired) electrons. The summed E-state index contributed by atoms with van der Waals surface area (Å²) in [7, 11) is -2.06. The molecule has 0 saturated heterocycles. The van der Waals surface area contributed by atoms with Gasteiger partial charge in [0, 0.05) is 11.6 Å². The van der Waals surface area contributed by atoms with E-state index in [-0.39, 0.29) is 4.90 Å². The van der Waals surface area contributed by atoms with E-state index in [4.69, 9.17) is 9.47 Å². The largest absolute Gasteiger partial charge is 0.491 e. The third-order valence-corrected chi connectivity index (χ3v) is 5.10. The van der Waals surface area contributed by atoms with Gasteiger partial charge in [0.1, 0.15) is 12.4 Å². The molecule has 2 rings (SSSR count). The molecule has 0 aromatic heterocycles. The van der Waals surface area contributed by atoms with Gasteiger partial charge in [-0.05, 0) is 64.8 Å². The van der Waals surface area contributed by atoms with Crippen LogP contribution in [0, 0.1) is 6.92 Å². The van der Waals surface area contributed by atoms with Crippen LogP contribution in [-0.2, 0) is 14.8 Å². The fourth-order valence-corrected chi connectivity index (χ4v) is 3.67. The van der Waals surface area contributed by atoms with E-state index < -0.39 is 10.0 Å². The van der Waals surface area contributed by atoms with Gasteiger partial charge in [0.25, 0.3) is 10.0 Å². The fourth-order valence-electron chi connectivity index (χ4n) is 1.86. The maximum absolute atomic E-state index is 12.4. The van der Waals surface area contributed by atoms with Crippen LogP contribution in [-0.4, -0.2) is 28.7 Å². The van der Waals surface area contributed by atoms with E-state index in [2.05, 4.69) is 20.7 Å². The first-order valence-corrected chi connectivity index (χ1v) is 9.21. The molecule has 0 fully saturated rings. The van der Waals surface area contributed by atoms with Crippen molar-refractivity contribution in [1.82, 2.24) is 0 Å². The lowest BCUT2D eigenvalue weighted by Crippen LogP contribution is -2.13. The SMILES string of the molecule is COCCOc1ccc(S(=O)(=O)Nc2ccc(C)cc2Br)cc1. The molecule has 0 unspecified atom stereocenters. The average Bonchev–Trinajstić information content (AvgIpc) is 2.51. The zero-order chi connectivity index (χ0) is 16.9. The second-order valence-electron chi connectivity index (χ2n) is 4.90. The van der Waals surface area contributed by atoms with Gasteiger partial charge in [-0.15, -0.1) is 0 Å². The number of hydrogen-bond donors (Lipinski definition) is 1. The number of sulfonamides is 1. The van der Waals surface area contributed by atoms with Crippen LogP contribution in [0.1, 0.15) is 5.56 Å². The highest BCUT2D eigenvalue weighted by Crippen LogP contribution is 2.26. The zero-order valence-electron chi connectivity index (χ0n) is 12.9.